The van der Waals surface area contributed by atoms with E-state index in [1.807, 2.05) is 18.2 Å². The summed E-state index contributed by atoms with van der Waals surface area (Å²) in [6.45, 7) is 4.72. The SMILES string of the molecule is CC(C)c1cccc(OCc2ccc(F)cc2Br)c1. The Labute approximate surface area is 121 Å². The molecular formula is C16H16BrFO. The van der Waals surface area contributed by atoms with Gasteiger partial charge in [0.15, 0.2) is 0 Å². The molecule has 0 aromatic heterocycles. The Morgan fingerprint density at radius 1 is 1.16 bits per heavy atom. The van der Waals surface area contributed by atoms with Crippen molar-refractivity contribution in [1.29, 1.82) is 0 Å². The molecule has 0 spiro atoms. The molecule has 2 aromatic rings. The summed E-state index contributed by atoms with van der Waals surface area (Å²) in [6.07, 6.45) is 0. The van der Waals surface area contributed by atoms with Crippen LogP contribution in [0.4, 0.5) is 4.39 Å². The summed E-state index contributed by atoms with van der Waals surface area (Å²) in [6, 6.07) is 12.7. The summed E-state index contributed by atoms with van der Waals surface area (Å²) >= 11 is 3.34. The molecule has 19 heavy (non-hydrogen) atoms. The lowest BCUT2D eigenvalue weighted by atomic mass is 10.0. The summed E-state index contributed by atoms with van der Waals surface area (Å²) in [5.74, 6) is 1.06. The van der Waals surface area contributed by atoms with Crippen LogP contribution in [0.5, 0.6) is 5.75 Å². The van der Waals surface area contributed by atoms with E-state index in [1.54, 1.807) is 6.07 Å². The Balaban J connectivity index is 2.08. The van der Waals surface area contributed by atoms with Crippen LogP contribution in [0, 0.1) is 5.82 Å². The fraction of sp³-hybridized carbons (Fsp3) is 0.250. The molecule has 0 radical (unpaired) electrons. The van der Waals surface area contributed by atoms with Gasteiger partial charge in [0.1, 0.15) is 18.2 Å². The summed E-state index contributed by atoms with van der Waals surface area (Å²) in [5.41, 5.74) is 2.17. The molecule has 100 valence electrons. The van der Waals surface area contributed by atoms with Gasteiger partial charge in [-0.25, -0.2) is 4.39 Å². The second-order valence-electron chi connectivity index (χ2n) is 4.75. The van der Waals surface area contributed by atoms with Gasteiger partial charge in [0.2, 0.25) is 0 Å². The quantitative estimate of drug-likeness (QED) is 0.743. The highest BCUT2D eigenvalue weighted by atomic mass is 79.9. The van der Waals surface area contributed by atoms with Gasteiger partial charge in [-0.05, 0) is 35.7 Å². The number of halogens is 2. The zero-order valence-electron chi connectivity index (χ0n) is 11.0. The van der Waals surface area contributed by atoms with Gasteiger partial charge < -0.3 is 4.74 Å². The normalized spacial score (nSPS) is 10.8. The van der Waals surface area contributed by atoms with Crippen LogP contribution in [0.2, 0.25) is 0 Å². The lowest BCUT2D eigenvalue weighted by molar-refractivity contribution is 0.305. The second kappa shape index (κ2) is 6.20. The molecule has 0 amide bonds. The maximum Gasteiger partial charge on any atom is 0.124 e. The standard InChI is InChI=1S/C16H16BrFO/c1-11(2)12-4-3-5-15(8-12)19-10-13-6-7-14(18)9-16(13)17/h3-9,11H,10H2,1-2H3. The van der Waals surface area contributed by atoms with Crippen LogP contribution < -0.4 is 4.74 Å². The van der Waals surface area contributed by atoms with E-state index in [0.29, 0.717) is 12.5 Å². The molecule has 1 nitrogen and oxygen atoms in total. The van der Waals surface area contributed by atoms with Crippen LogP contribution in [-0.2, 0) is 6.61 Å². The Morgan fingerprint density at radius 2 is 1.95 bits per heavy atom. The molecule has 0 heterocycles. The van der Waals surface area contributed by atoms with Gasteiger partial charge in [-0.1, -0.05) is 48.0 Å². The van der Waals surface area contributed by atoms with E-state index in [0.717, 1.165) is 15.8 Å². The Hall–Kier alpha value is -1.35. The van der Waals surface area contributed by atoms with Gasteiger partial charge in [-0.2, -0.15) is 0 Å². The van der Waals surface area contributed by atoms with E-state index in [9.17, 15) is 4.39 Å². The summed E-state index contributed by atoms with van der Waals surface area (Å²) in [7, 11) is 0. The van der Waals surface area contributed by atoms with Crippen LogP contribution in [0.25, 0.3) is 0 Å². The van der Waals surface area contributed by atoms with Crippen molar-refractivity contribution in [2.45, 2.75) is 26.4 Å². The highest BCUT2D eigenvalue weighted by molar-refractivity contribution is 9.10. The lowest BCUT2D eigenvalue weighted by Gasteiger charge is -2.11. The van der Waals surface area contributed by atoms with Crippen molar-refractivity contribution in [2.24, 2.45) is 0 Å². The molecule has 0 aliphatic heterocycles. The minimum absolute atomic E-state index is 0.252. The number of hydrogen-bond acceptors (Lipinski definition) is 1. The predicted molar refractivity (Wildman–Crippen MR) is 79.0 cm³/mol. The second-order valence-corrected chi connectivity index (χ2v) is 5.61. The molecule has 0 atom stereocenters. The Bertz CT molecular complexity index is 566. The maximum atomic E-state index is 13.0. The third kappa shape index (κ3) is 3.80. The van der Waals surface area contributed by atoms with Crippen molar-refractivity contribution < 1.29 is 9.13 Å². The molecule has 0 bridgehead atoms. The molecular weight excluding hydrogens is 307 g/mol. The van der Waals surface area contributed by atoms with Gasteiger partial charge >= 0.3 is 0 Å². The molecule has 2 aromatic carbocycles. The minimum atomic E-state index is -0.252. The smallest absolute Gasteiger partial charge is 0.124 e. The van der Waals surface area contributed by atoms with E-state index in [1.165, 1.54) is 17.7 Å². The van der Waals surface area contributed by atoms with Gasteiger partial charge in [-0.15, -0.1) is 0 Å². The first-order valence-electron chi connectivity index (χ1n) is 6.23. The highest BCUT2D eigenvalue weighted by Crippen LogP contribution is 2.23. The predicted octanol–water partition coefficient (Wildman–Crippen LogP) is 5.29. The first kappa shape index (κ1) is 14.1. The molecule has 0 fully saturated rings. The average molecular weight is 323 g/mol. The van der Waals surface area contributed by atoms with Gasteiger partial charge in [-0.3, -0.25) is 0 Å². The molecule has 0 aliphatic rings. The lowest BCUT2D eigenvalue weighted by Crippen LogP contribution is -1.98. The van der Waals surface area contributed by atoms with E-state index >= 15 is 0 Å². The van der Waals surface area contributed by atoms with Crippen LogP contribution in [0.15, 0.2) is 46.9 Å². The summed E-state index contributed by atoms with van der Waals surface area (Å²) in [4.78, 5) is 0. The van der Waals surface area contributed by atoms with E-state index in [-0.39, 0.29) is 5.82 Å². The van der Waals surface area contributed by atoms with Gasteiger partial charge in [0, 0.05) is 10.0 Å². The van der Waals surface area contributed by atoms with Crippen molar-refractivity contribution in [1.82, 2.24) is 0 Å². The molecule has 2 rings (SSSR count). The third-order valence-corrected chi connectivity index (χ3v) is 3.67. The first-order valence-corrected chi connectivity index (χ1v) is 7.02. The van der Waals surface area contributed by atoms with Crippen LogP contribution in [-0.4, -0.2) is 0 Å². The topological polar surface area (TPSA) is 9.23 Å². The fourth-order valence-corrected chi connectivity index (χ4v) is 2.23. The molecule has 0 saturated carbocycles. The van der Waals surface area contributed by atoms with Crippen molar-refractivity contribution in [3.05, 3.63) is 63.9 Å². The van der Waals surface area contributed by atoms with Crippen LogP contribution >= 0.6 is 15.9 Å². The van der Waals surface area contributed by atoms with E-state index in [4.69, 9.17) is 4.74 Å². The summed E-state index contributed by atoms with van der Waals surface area (Å²) in [5, 5.41) is 0. The highest BCUT2D eigenvalue weighted by Gasteiger charge is 2.04. The van der Waals surface area contributed by atoms with Crippen molar-refractivity contribution >= 4 is 15.9 Å². The van der Waals surface area contributed by atoms with Crippen molar-refractivity contribution in [3.63, 3.8) is 0 Å². The zero-order valence-corrected chi connectivity index (χ0v) is 12.6. The first-order chi connectivity index (χ1) is 9.06. The molecule has 0 unspecified atom stereocenters. The van der Waals surface area contributed by atoms with E-state index in [2.05, 4.69) is 35.8 Å². The molecule has 0 N–H and O–H groups in total. The minimum Gasteiger partial charge on any atom is -0.489 e. The summed E-state index contributed by atoms with van der Waals surface area (Å²) < 4.78 is 19.5. The van der Waals surface area contributed by atoms with Crippen LogP contribution in [0.1, 0.15) is 30.9 Å². The average Bonchev–Trinajstić information content (AvgIpc) is 2.38. The Kier molecular flexibility index (Phi) is 4.59. The number of rotatable bonds is 4. The molecule has 0 aliphatic carbocycles. The zero-order chi connectivity index (χ0) is 13.8. The number of hydrogen-bond donors (Lipinski definition) is 0. The fourth-order valence-electron chi connectivity index (χ4n) is 1.76. The largest absolute Gasteiger partial charge is 0.489 e. The van der Waals surface area contributed by atoms with Crippen molar-refractivity contribution in [2.75, 3.05) is 0 Å². The van der Waals surface area contributed by atoms with Crippen LogP contribution in [0.3, 0.4) is 0 Å². The maximum absolute atomic E-state index is 13.0. The molecule has 3 heteroatoms. The van der Waals surface area contributed by atoms with Gasteiger partial charge in [0.25, 0.3) is 0 Å². The monoisotopic (exact) mass is 322 g/mol. The van der Waals surface area contributed by atoms with Crippen molar-refractivity contribution in [3.8, 4) is 5.75 Å². The third-order valence-electron chi connectivity index (χ3n) is 2.93. The Morgan fingerprint density at radius 3 is 2.63 bits per heavy atom. The number of benzene rings is 2. The van der Waals surface area contributed by atoms with Gasteiger partial charge in [0.05, 0.1) is 0 Å². The number of ether oxygens (including phenoxy) is 1. The van der Waals surface area contributed by atoms with E-state index < -0.39 is 0 Å². The molecule has 0 saturated heterocycles.